The number of benzene rings is 1. The number of nitrogens with one attached hydrogen (secondary N) is 1. The summed E-state index contributed by atoms with van der Waals surface area (Å²) in [5.41, 5.74) is 2.84. The molecule has 0 unspecified atom stereocenters. The van der Waals surface area contributed by atoms with Gasteiger partial charge in [-0.15, -0.1) is 0 Å². The van der Waals surface area contributed by atoms with Gasteiger partial charge in [-0.3, -0.25) is 9.59 Å². The fourth-order valence-electron chi connectivity index (χ4n) is 2.93. The molecule has 0 aliphatic carbocycles. The van der Waals surface area contributed by atoms with Crippen molar-refractivity contribution in [2.75, 3.05) is 26.2 Å². The highest BCUT2D eigenvalue weighted by Gasteiger charge is 2.26. The number of carbonyl (C=O) groups is 2. The molecule has 7 nitrogen and oxygen atoms in total. The van der Waals surface area contributed by atoms with E-state index in [2.05, 4.69) is 9.97 Å². The Balaban J connectivity index is 1.43. The van der Waals surface area contributed by atoms with Crippen LogP contribution in [-0.4, -0.2) is 57.8 Å². The number of aromatic nitrogens is 2. The minimum Gasteiger partial charge on any atom is -0.472 e. The van der Waals surface area contributed by atoms with E-state index in [1.165, 1.54) is 12.5 Å². The first-order valence-electron chi connectivity index (χ1n) is 7.76. The van der Waals surface area contributed by atoms with Crippen LogP contribution < -0.4 is 0 Å². The normalized spacial score (nSPS) is 15.0. The van der Waals surface area contributed by atoms with Gasteiger partial charge in [-0.25, -0.2) is 4.98 Å². The van der Waals surface area contributed by atoms with Crippen molar-refractivity contribution in [1.82, 2.24) is 19.8 Å². The Kier molecular flexibility index (Phi) is 3.53. The van der Waals surface area contributed by atoms with Gasteiger partial charge in [0.25, 0.3) is 11.8 Å². The van der Waals surface area contributed by atoms with E-state index in [1.54, 1.807) is 28.3 Å². The fraction of sp³-hybridized carbons (Fsp3) is 0.235. The summed E-state index contributed by atoms with van der Waals surface area (Å²) in [6, 6.07) is 7.08. The van der Waals surface area contributed by atoms with Crippen molar-refractivity contribution in [3.63, 3.8) is 0 Å². The van der Waals surface area contributed by atoms with Crippen LogP contribution in [0.5, 0.6) is 0 Å². The van der Waals surface area contributed by atoms with Crippen LogP contribution in [0.3, 0.4) is 0 Å². The number of fused-ring (bicyclic) bond motifs is 1. The van der Waals surface area contributed by atoms with Crippen LogP contribution in [0, 0.1) is 0 Å². The second kappa shape index (κ2) is 5.84. The molecule has 1 aliphatic rings. The van der Waals surface area contributed by atoms with Gasteiger partial charge in [0.2, 0.25) is 0 Å². The number of amides is 2. The number of H-pyrrole nitrogens is 1. The molecule has 0 spiro atoms. The van der Waals surface area contributed by atoms with Gasteiger partial charge in [-0.1, -0.05) is 0 Å². The van der Waals surface area contributed by atoms with Gasteiger partial charge >= 0.3 is 0 Å². The van der Waals surface area contributed by atoms with Crippen molar-refractivity contribution in [3.8, 4) is 0 Å². The lowest BCUT2D eigenvalue weighted by Gasteiger charge is -2.34. The minimum atomic E-state index is -0.0604. The van der Waals surface area contributed by atoms with Crippen molar-refractivity contribution < 1.29 is 14.0 Å². The van der Waals surface area contributed by atoms with Crippen LogP contribution in [-0.2, 0) is 0 Å². The van der Waals surface area contributed by atoms with Crippen LogP contribution in [0.15, 0.2) is 47.5 Å². The third-order valence-corrected chi connectivity index (χ3v) is 4.29. The lowest BCUT2D eigenvalue weighted by molar-refractivity contribution is 0.0535. The predicted octanol–water partition coefficient (Wildman–Crippen LogP) is 1.75. The van der Waals surface area contributed by atoms with Crippen LogP contribution >= 0.6 is 0 Å². The number of carbonyl (C=O) groups excluding carboxylic acids is 2. The summed E-state index contributed by atoms with van der Waals surface area (Å²) in [5, 5.41) is 0. The zero-order chi connectivity index (χ0) is 16.5. The Morgan fingerprint density at radius 2 is 1.71 bits per heavy atom. The Bertz CT molecular complexity index is 876. The van der Waals surface area contributed by atoms with Crippen LogP contribution in [0.2, 0.25) is 0 Å². The van der Waals surface area contributed by atoms with Crippen molar-refractivity contribution in [3.05, 3.63) is 54.2 Å². The highest BCUT2D eigenvalue weighted by molar-refractivity contribution is 5.98. The standard InChI is InChI=1S/C17H16N4O3/c22-16(12-1-2-14-15(9-12)19-11-18-14)20-4-6-21(7-5-20)17(23)13-3-8-24-10-13/h1-3,8-11H,4-7H2,(H,18,19). The molecule has 0 radical (unpaired) electrons. The van der Waals surface area contributed by atoms with Gasteiger partial charge in [0.1, 0.15) is 6.26 Å². The first kappa shape index (κ1) is 14.5. The molecule has 4 rings (SSSR count). The van der Waals surface area contributed by atoms with Gasteiger partial charge in [0.15, 0.2) is 0 Å². The molecule has 3 heterocycles. The summed E-state index contributed by atoms with van der Waals surface area (Å²) >= 11 is 0. The second-order valence-corrected chi connectivity index (χ2v) is 5.73. The maximum absolute atomic E-state index is 12.6. The topological polar surface area (TPSA) is 82.4 Å². The molecule has 1 aliphatic heterocycles. The Morgan fingerprint density at radius 3 is 2.38 bits per heavy atom. The maximum Gasteiger partial charge on any atom is 0.257 e. The number of hydrogen-bond acceptors (Lipinski definition) is 4. The number of nitrogens with zero attached hydrogens (tertiary/aromatic N) is 3. The van der Waals surface area contributed by atoms with Gasteiger partial charge in [0, 0.05) is 31.7 Å². The number of furan rings is 1. The molecular weight excluding hydrogens is 308 g/mol. The summed E-state index contributed by atoms with van der Waals surface area (Å²) in [7, 11) is 0. The first-order chi connectivity index (χ1) is 11.7. The molecule has 24 heavy (non-hydrogen) atoms. The Hall–Kier alpha value is -3.09. The molecule has 2 amide bonds. The average molecular weight is 324 g/mol. The third-order valence-electron chi connectivity index (χ3n) is 4.29. The van der Waals surface area contributed by atoms with E-state index in [4.69, 9.17) is 4.42 Å². The molecule has 0 saturated carbocycles. The molecule has 2 aromatic heterocycles. The van der Waals surface area contributed by atoms with E-state index in [9.17, 15) is 9.59 Å². The SMILES string of the molecule is O=C(c1ccoc1)N1CCN(C(=O)c2ccc3nc[nH]c3c2)CC1. The molecule has 0 bridgehead atoms. The summed E-state index contributed by atoms with van der Waals surface area (Å²) in [6.07, 6.45) is 4.54. The third kappa shape index (κ3) is 2.54. The van der Waals surface area contributed by atoms with E-state index in [-0.39, 0.29) is 11.8 Å². The Morgan fingerprint density at radius 1 is 1.00 bits per heavy atom. The zero-order valence-electron chi connectivity index (χ0n) is 12.9. The zero-order valence-corrected chi connectivity index (χ0v) is 12.9. The number of imidazole rings is 1. The minimum absolute atomic E-state index is 0.0260. The number of aromatic amines is 1. The molecule has 0 atom stereocenters. The van der Waals surface area contributed by atoms with Crippen molar-refractivity contribution >= 4 is 22.8 Å². The largest absolute Gasteiger partial charge is 0.472 e. The van der Waals surface area contributed by atoms with Crippen LogP contribution in [0.25, 0.3) is 11.0 Å². The van der Waals surface area contributed by atoms with Gasteiger partial charge in [-0.2, -0.15) is 0 Å². The molecule has 1 fully saturated rings. The van der Waals surface area contributed by atoms with Gasteiger partial charge in [-0.05, 0) is 24.3 Å². The van der Waals surface area contributed by atoms with E-state index < -0.39 is 0 Å². The summed E-state index contributed by atoms with van der Waals surface area (Å²) < 4.78 is 4.95. The smallest absolute Gasteiger partial charge is 0.257 e. The first-order valence-corrected chi connectivity index (χ1v) is 7.76. The molecule has 1 N–H and O–H groups in total. The van der Waals surface area contributed by atoms with Crippen LogP contribution in [0.1, 0.15) is 20.7 Å². The highest BCUT2D eigenvalue weighted by atomic mass is 16.3. The summed E-state index contributed by atoms with van der Waals surface area (Å²) in [5.74, 6) is -0.0864. The van der Waals surface area contributed by atoms with Gasteiger partial charge in [0.05, 0.1) is 29.2 Å². The summed E-state index contributed by atoms with van der Waals surface area (Å²) in [6.45, 7) is 2.07. The van der Waals surface area contributed by atoms with Crippen molar-refractivity contribution in [2.24, 2.45) is 0 Å². The van der Waals surface area contributed by atoms with E-state index in [1.807, 2.05) is 12.1 Å². The molecule has 3 aromatic rings. The molecule has 122 valence electrons. The lowest BCUT2D eigenvalue weighted by Crippen LogP contribution is -2.50. The van der Waals surface area contributed by atoms with E-state index in [0.29, 0.717) is 37.3 Å². The maximum atomic E-state index is 12.6. The van der Waals surface area contributed by atoms with Gasteiger partial charge < -0.3 is 19.2 Å². The van der Waals surface area contributed by atoms with E-state index in [0.717, 1.165) is 11.0 Å². The molecule has 1 saturated heterocycles. The molecular formula is C17H16N4O3. The second-order valence-electron chi connectivity index (χ2n) is 5.73. The van der Waals surface area contributed by atoms with Crippen molar-refractivity contribution in [2.45, 2.75) is 0 Å². The molecule has 7 heteroatoms. The average Bonchev–Trinajstić information content (AvgIpc) is 3.31. The quantitative estimate of drug-likeness (QED) is 0.778. The number of rotatable bonds is 2. The number of hydrogen-bond donors (Lipinski definition) is 1. The summed E-state index contributed by atoms with van der Waals surface area (Å²) in [4.78, 5) is 35.6. The van der Waals surface area contributed by atoms with Crippen LogP contribution in [0.4, 0.5) is 0 Å². The monoisotopic (exact) mass is 324 g/mol. The Labute approximate surface area is 137 Å². The number of piperazine rings is 1. The molecule has 1 aromatic carbocycles. The van der Waals surface area contributed by atoms with Crippen molar-refractivity contribution in [1.29, 1.82) is 0 Å². The highest BCUT2D eigenvalue weighted by Crippen LogP contribution is 2.15. The van der Waals surface area contributed by atoms with E-state index >= 15 is 0 Å². The fourth-order valence-corrected chi connectivity index (χ4v) is 2.93. The lowest BCUT2D eigenvalue weighted by atomic mass is 10.1. The predicted molar refractivity (Wildman–Crippen MR) is 86.6 cm³/mol.